The zero-order valence-corrected chi connectivity index (χ0v) is 18.4. The molecular weight excluding hydrogens is 417 g/mol. The van der Waals surface area contributed by atoms with E-state index in [9.17, 15) is 14.3 Å². The Morgan fingerprint density at radius 2 is 1.73 bits per heavy atom. The average Bonchev–Trinajstić information content (AvgIpc) is 2.81. The maximum Gasteiger partial charge on any atom is 0.306 e. The SMILES string of the molecule is CC(Cc1cc(N)c(OCCc2ccccc2F)c(-c2ccc3ccccc3c2)c1)C(=O)O. The molecule has 0 saturated heterocycles. The molecule has 1 atom stereocenters. The molecule has 0 aliphatic carbocycles. The highest BCUT2D eigenvalue weighted by atomic mass is 19.1. The number of carboxylic acids is 1. The Morgan fingerprint density at radius 1 is 1.00 bits per heavy atom. The quantitative estimate of drug-likeness (QED) is 0.322. The fraction of sp³-hybridized carbons (Fsp3) is 0.179. The van der Waals surface area contributed by atoms with Gasteiger partial charge in [0.05, 0.1) is 18.2 Å². The lowest BCUT2D eigenvalue weighted by molar-refractivity contribution is -0.141. The van der Waals surface area contributed by atoms with E-state index in [1.165, 1.54) is 6.07 Å². The molecule has 1 unspecified atom stereocenters. The number of aliphatic carboxylic acids is 1. The molecular formula is C28H26FNO3. The van der Waals surface area contributed by atoms with E-state index in [1.807, 2.05) is 42.5 Å². The summed E-state index contributed by atoms with van der Waals surface area (Å²) in [6, 6.07) is 24.5. The number of nitrogens with two attached hydrogens (primary N) is 1. The number of carboxylic acid groups (broad SMARTS) is 1. The molecule has 4 aromatic carbocycles. The van der Waals surface area contributed by atoms with Gasteiger partial charge in [-0.05, 0) is 58.1 Å². The summed E-state index contributed by atoms with van der Waals surface area (Å²) < 4.78 is 20.1. The molecule has 168 valence electrons. The van der Waals surface area contributed by atoms with Gasteiger partial charge in [0.15, 0.2) is 0 Å². The van der Waals surface area contributed by atoms with Crippen molar-refractivity contribution in [1.82, 2.24) is 0 Å². The van der Waals surface area contributed by atoms with Crippen molar-refractivity contribution in [2.75, 3.05) is 12.3 Å². The summed E-state index contributed by atoms with van der Waals surface area (Å²) in [5.41, 5.74) is 9.94. The van der Waals surface area contributed by atoms with Crippen molar-refractivity contribution in [2.24, 2.45) is 5.92 Å². The first kappa shape index (κ1) is 22.3. The topological polar surface area (TPSA) is 72.5 Å². The van der Waals surface area contributed by atoms with Crippen molar-refractivity contribution >= 4 is 22.4 Å². The first-order chi connectivity index (χ1) is 15.9. The first-order valence-electron chi connectivity index (χ1n) is 10.9. The second-order valence-electron chi connectivity index (χ2n) is 8.26. The number of carbonyl (C=O) groups is 1. The molecule has 0 aliphatic heterocycles. The maximum atomic E-state index is 14.0. The van der Waals surface area contributed by atoms with E-state index in [1.54, 1.807) is 31.2 Å². The van der Waals surface area contributed by atoms with Gasteiger partial charge in [-0.3, -0.25) is 4.79 Å². The number of anilines is 1. The van der Waals surface area contributed by atoms with Crippen molar-refractivity contribution in [1.29, 1.82) is 0 Å². The summed E-state index contributed by atoms with van der Waals surface area (Å²) in [6.07, 6.45) is 0.761. The molecule has 0 bridgehead atoms. The smallest absolute Gasteiger partial charge is 0.306 e. The molecule has 33 heavy (non-hydrogen) atoms. The molecule has 5 heteroatoms. The van der Waals surface area contributed by atoms with Gasteiger partial charge in [0.25, 0.3) is 0 Å². The summed E-state index contributed by atoms with van der Waals surface area (Å²) in [4.78, 5) is 11.4. The Morgan fingerprint density at radius 3 is 2.48 bits per heavy atom. The molecule has 0 saturated carbocycles. The van der Waals surface area contributed by atoms with Gasteiger partial charge < -0.3 is 15.6 Å². The van der Waals surface area contributed by atoms with Crippen molar-refractivity contribution in [3.63, 3.8) is 0 Å². The van der Waals surface area contributed by atoms with Crippen LogP contribution in [-0.2, 0) is 17.6 Å². The summed E-state index contributed by atoms with van der Waals surface area (Å²) in [6.45, 7) is 1.93. The lowest BCUT2D eigenvalue weighted by Crippen LogP contribution is -2.13. The van der Waals surface area contributed by atoms with Crippen LogP contribution >= 0.6 is 0 Å². The van der Waals surface area contributed by atoms with E-state index in [0.717, 1.165) is 27.5 Å². The van der Waals surface area contributed by atoms with Gasteiger partial charge in [-0.25, -0.2) is 4.39 Å². The van der Waals surface area contributed by atoms with E-state index in [-0.39, 0.29) is 12.4 Å². The molecule has 4 nitrogen and oxygen atoms in total. The van der Waals surface area contributed by atoms with Crippen LogP contribution in [0.1, 0.15) is 18.1 Å². The standard InChI is InChI=1S/C28H26FNO3/c1-18(28(31)32)14-19-15-24(23-11-10-20-6-2-3-8-22(20)17-23)27(26(30)16-19)33-13-12-21-7-4-5-9-25(21)29/h2-11,15-18H,12-14,30H2,1H3,(H,31,32). The van der Waals surface area contributed by atoms with Crippen LogP contribution in [0.4, 0.5) is 10.1 Å². The summed E-state index contributed by atoms with van der Waals surface area (Å²) in [5.74, 6) is -1.14. The van der Waals surface area contributed by atoms with Crippen LogP contribution in [0.25, 0.3) is 21.9 Å². The molecule has 0 radical (unpaired) electrons. The predicted molar refractivity (Wildman–Crippen MR) is 130 cm³/mol. The zero-order chi connectivity index (χ0) is 23.4. The Hall–Kier alpha value is -3.86. The zero-order valence-electron chi connectivity index (χ0n) is 18.4. The van der Waals surface area contributed by atoms with Crippen molar-refractivity contribution < 1.29 is 19.0 Å². The fourth-order valence-electron chi connectivity index (χ4n) is 3.97. The normalized spacial score (nSPS) is 11.9. The van der Waals surface area contributed by atoms with Crippen LogP contribution in [0.15, 0.2) is 78.9 Å². The number of nitrogen functional groups attached to an aromatic ring is 1. The van der Waals surface area contributed by atoms with E-state index < -0.39 is 11.9 Å². The maximum absolute atomic E-state index is 14.0. The predicted octanol–water partition coefficient (Wildman–Crippen LogP) is 6.11. The largest absolute Gasteiger partial charge is 0.490 e. The van der Waals surface area contributed by atoms with Crippen LogP contribution in [0.5, 0.6) is 5.75 Å². The second-order valence-corrected chi connectivity index (χ2v) is 8.26. The lowest BCUT2D eigenvalue weighted by Gasteiger charge is -2.18. The number of fused-ring (bicyclic) bond motifs is 1. The van der Waals surface area contributed by atoms with Gasteiger partial charge in [-0.2, -0.15) is 0 Å². The third-order valence-electron chi connectivity index (χ3n) is 5.78. The Bertz CT molecular complexity index is 1300. The Labute approximate surface area is 192 Å². The Kier molecular flexibility index (Phi) is 6.59. The second kappa shape index (κ2) is 9.74. The highest BCUT2D eigenvalue weighted by molar-refractivity contribution is 5.89. The number of benzene rings is 4. The fourth-order valence-corrected chi connectivity index (χ4v) is 3.97. The van der Waals surface area contributed by atoms with Gasteiger partial charge in [0.2, 0.25) is 0 Å². The highest BCUT2D eigenvalue weighted by Crippen LogP contribution is 2.38. The number of ether oxygens (including phenoxy) is 1. The van der Waals surface area contributed by atoms with Crippen LogP contribution in [0, 0.1) is 11.7 Å². The van der Waals surface area contributed by atoms with E-state index in [2.05, 4.69) is 6.07 Å². The van der Waals surface area contributed by atoms with Crippen LogP contribution in [0.2, 0.25) is 0 Å². The molecule has 3 N–H and O–H groups in total. The van der Waals surface area contributed by atoms with Gasteiger partial charge in [-0.15, -0.1) is 0 Å². The molecule has 0 spiro atoms. The van der Waals surface area contributed by atoms with Gasteiger partial charge in [0, 0.05) is 12.0 Å². The number of hydrogen-bond donors (Lipinski definition) is 2. The molecule has 0 aliphatic rings. The van der Waals surface area contributed by atoms with Gasteiger partial charge in [0.1, 0.15) is 11.6 Å². The minimum atomic E-state index is -0.856. The summed E-state index contributed by atoms with van der Waals surface area (Å²) in [5, 5.41) is 11.5. The van der Waals surface area contributed by atoms with Gasteiger partial charge in [-0.1, -0.05) is 61.5 Å². The van der Waals surface area contributed by atoms with Crippen molar-refractivity contribution in [2.45, 2.75) is 19.8 Å². The van der Waals surface area contributed by atoms with Crippen molar-refractivity contribution in [3.8, 4) is 16.9 Å². The number of halogens is 1. The number of rotatable bonds is 8. The average molecular weight is 444 g/mol. The summed E-state index contributed by atoms with van der Waals surface area (Å²) in [7, 11) is 0. The molecule has 0 amide bonds. The van der Waals surface area contributed by atoms with E-state index >= 15 is 0 Å². The van der Waals surface area contributed by atoms with Gasteiger partial charge >= 0.3 is 5.97 Å². The van der Waals surface area contributed by atoms with E-state index in [0.29, 0.717) is 29.8 Å². The molecule has 0 heterocycles. The van der Waals surface area contributed by atoms with Crippen LogP contribution in [0.3, 0.4) is 0 Å². The molecule has 0 aromatic heterocycles. The highest BCUT2D eigenvalue weighted by Gasteiger charge is 2.17. The van der Waals surface area contributed by atoms with Crippen molar-refractivity contribution in [3.05, 3.63) is 95.8 Å². The number of hydrogen-bond acceptors (Lipinski definition) is 3. The minimum absolute atomic E-state index is 0.261. The first-order valence-corrected chi connectivity index (χ1v) is 10.9. The Balaban J connectivity index is 1.70. The third kappa shape index (κ3) is 5.14. The van der Waals surface area contributed by atoms with Crippen LogP contribution in [-0.4, -0.2) is 17.7 Å². The monoisotopic (exact) mass is 443 g/mol. The minimum Gasteiger partial charge on any atom is -0.490 e. The van der Waals surface area contributed by atoms with E-state index in [4.69, 9.17) is 10.5 Å². The summed E-state index contributed by atoms with van der Waals surface area (Å²) >= 11 is 0. The molecule has 4 rings (SSSR count). The van der Waals surface area contributed by atoms with Crippen LogP contribution < -0.4 is 10.5 Å². The lowest BCUT2D eigenvalue weighted by atomic mass is 9.94. The third-order valence-corrected chi connectivity index (χ3v) is 5.78. The molecule has 4 aromatic rings. The molecule has 0 fully saturated rings.